The van der Waals surface area contributed by atoms with Crippen molar-refractivity contribution < 1.29 is 18.1 Å². The van der Waals surface area contributed by atoms with Crippen molar-refractivity contribution in [2.24, 2.45) is 0 Å². The molecule has 0 aromatic heterocycles. The first-order valence-corrected chi connectivity index (χ1v) is 10.6. The van der Waals surface area contributed by atoms with Gasteiger partial charge in [0.15, 0.2) is 0 Å². The van der Waals surface area contributed by atoms with Crippen LogP contribution in [0, 0.1) is 34.6 Å². The third kappa shape index (κ3) is 4.96. The van der Waals surface area contributed by atoms with Gasteiger partial charge in [-0.15, -0.1) is 0 Å². The lowest BCUT2D eigenvalue weighted by Gasteiger charge is -2.21. The van der Waals surface area contributed by atoms with E-state index in [-0.39, 0.29) is 0 Å². The van der Waals surface area contributed by atoms with Crippen LogP contribution in [0.4, 0.5) is 0 Å². The Hall–Kier alpha value is -2.71. The first kappa shape index (κ1) is 20.0. The first-order chi connectivity index (χ1) is 13.2. The van der Waals surface area contributed by atoms with E-state index in [2.05, 4.69) is 0 Å². The number of hydrogen-bond donors (Lipinski definition) is 0. The summed E-state index contributed by atoms with van der Waals surface area (Å²) in [6, 6.07) is 18.5. The van der Waals surface area contributed by atoms with E-state index >= 15 is 0 Å². The summed E-state index contributed by atoms with van der Waals surface area (Å²) in [5.41, 5.74) is 4.98. The molecule has 3 aromatic carbocycles. The molecule has 0 spiro atoms. The maximum absolute atomic E-state index is 13.6. The van der Waals surface area contributed by atoms with Crippen LogP contribution >= 0.6 is 7.82 Å². The summed E-state index contributed by atoms with van der Waals surface area (Å²) >= 11 is 0. The van der Waals surface area contributed by atoms with Gasteiger partial charge in [-0.05, 0) is 70.0 Å². The van der Waals surface area contributed by atoms with Gasteiger partial charge in [-0.25, -0.2) is 0 Å². The molecular formula is C23H25O4P. The zero-order valence-electron chi connectivity index (χ0n) is 16.9. The number of rotatable bonds is 6. The summed E-state index contributed by atoms with van der Waals surface area (Å²) in [5, 5.41) is 0. The molecule has 3 aromatic rings. The van der Waals surface area contributed by atoms with E-state index in [4.69, 9.17) is 13.6 Å². The molecule has 0 saturated heterocycles. The van der Waals surface area contributed by atoms with Crippen LogP contribution in [0.2, 0.25) is 0 Å². The van der Waals surface area contributed by atoms with Gasteiger partial charge in [0.1, 0.15) is 17.2 Å². The van der Waals surface area contributed by atoms with Crippen molar-refractivity contribution in [2.75, 3.05) is 0 Å². The number of hydrogen-bond acceptors (Lipinski definition) is 4. The van der Waals surface area contributed by atoms with Crippen LogP contribution in [0.25, 0.3) is 0 Å². The molecule has 0 heterocycles. The summed E-state index contributed by atoms with van der Waals surface area (Å²) in [7, 11) is -3.98. The summed E-state index contributed by atoms with van der Waals surface area (Å²) in [6.07, 6.45) is 0. The average molecular weight is 396 g/mol. The van der Waals surface area contributed by atoms with Crippen molar-refractivity contribution in [3.8, 4) is 17.2 Å². The highest BCUT2D eigenvalue weighted by molar-refractivity contribution is 7.49. The van der Waals surface area contributed by atoms with Gasteiger partial charge in [0.05, 0.1) is 0 Å². The summed E-state index contributed by atoms with van der Waals surface area (Å²) in [6.45, 7) is 9.75. The largest absolute Gasteiger partial charge is 0.647 e. The summed E-state index contributed by atoms with van der Waals surface area (Å²) in [5.74, 6) is 1.35. The monoisotopic (exact) mass is 396 g/mol. The van der Waals surface area contributed by atoms with E-state index in [1.54, 1.807) is 24.3 Å². The number of phosphoric ester groups is 1. The SMILES string of the molecule is Cc1ccc(OP(=O)(Oc2ccc(C)cc2C)Oc2ccc(C)cc2C)cc1. The fraction of sp³-hybridized carbons (Fsp3) is 0.217. The topological polar surface area (TPSA) is 44.8 Å². The molecule has 0 radical (unpaired) electrons. The molecule has 3 rings (SSSR count). The Balaban J connectivity index is 1.96. The highest BCUT2D eigenvalue weighted by Crippen LogP contribution is 2.51. The van der Waals surface area contributed by atoms with Gasteiger partial charge in [0.25, 0.3) is 0 Å². The lowest BCUT2D eigenvalue weighted by molar-refractivity contribution is 0.297. The Morgan fingerprint density at radius 3 is 1.43 bits per heavy atom. The Morgan fingerprint density at radius 1 is 0.571 bits per heavy atom. The maximum Gasteiger partial charge on any atom is 0.647 e. The highest BCUT2D eigenvalue weighted by Gasteiger charge is 2.34. The molecule has 0 saturated carbocycles. The van der Waals surface area contributed by atoms with E-state index in [9.17, 15) is 4.57 Å². The zero-order chi connectivity index (χ0) is 20.3. The van der Waals surface area contributed by atoms with E-state index in [1.807, 2.05) is 71.0 Å². The minimum atomic E-state index is -3.98. The van der Waals surface area contributed by atoms with Gasteiger partial charge in [-0.2, -0.15) is 4.57 Å². The van der Waals surface area contributed by atoms with Gasteiger partial charge < -0.3 is 13.6 Å². The molecule has 0 aliphatic heterocycles. The van der Waals surface area contributed by atoms with Crippen LogP contribution in [0.5, 0.6) is 17.2 Å². The normalized spacial score (nSPS) is 11.2. The summed E-state index contributed by atoms with van der Waals surface area (Å²) < 4.78 is 31.0. The molecule has 0 bridgehead atoms. The molecule has 28 heavy (non-hydrogen) atoms. The van der Waals surface area contributed by atoms with Crippen LogP contribution in [-0.4, -0.2) is 0 Å². The van der Waals surface area contributed by atoms with E-state index < -0.39 is 7.82 Å². The lowest BCUT2D eigenvalue weighted by atomic mass is 10.1. The Labute approximate surface area is 166 Å². The predicted molar refractivity (Wildman–Crippen MR) is 113 cm³/mol. The van der Waals surface area contributed by atoms with Gasteiger partial charge >= 0.3 is 7.82 Å². The average Bonchev–Trinajstić information content (AvgIpc) is 2.62. The van der Waals surface area contributed by atoms with Crippen molar-refractivity contribution in [3.63, 3.8) is 0 Å². The maximum atomic E-state index is 13.6. The van der Waals surface area contributed by atoms with Gasteiger partial charge in [0, 0.05) is 0 Å². The minimum Gasteiger partial charge on any atom is -0.386 e. The molecule has 5 heteroatoms. The molecule has 0 aliphatic rings. The second kappa shape index (κ2) is 8.12. The smallest absolute Gasteiger partial charge is 0.386 e. The fourth-order valence-electron chi connectivity index (χ4n) is 2.83. The predicted octanol–water partition coefficient (Wildman–Crippen LogP) is 6.87. The Bertz CT molecular complexity index is 968. The second-order valence-corrected chi connectivity index (χ2v) is 8.51. The van der Waals surface area contributed by atoms with E-state index in [0.29, 0.717) is 17.2 Å². The number of aryl methyl sites for hydroxylation is 5. The van der Waals surface area contributed by atoms with Gasteiger partial charge in [-0.1, -0.05) is 53.1 Å². The van der Waals surface area contributed by atoms with Crippen molar-refractivity contribution in [1.82, 2.24) is 0 Å². The molecule has 0 aliphatic carbocycles. The highest BCUT2D eigenvalue weighted by atomic mass is 31.2. The van der Waals surface area contributed by atoms with Crippen LogP contribution in [-0.2, 0) is 4.57 Å². The van der Waals surface area contributed by atoms with Crippen LogP contribution in [0.15, 0.2) is 60.7 Å². The van der Waals surface area contributed by atoms with Crippen molar-refractivity contribution >= 4 is 7.82 Å². The molecule has 146 valence electrons. The minimum absolute atomic E-state index is 0.420. The number of phosphoric acid groups is 1. The Kier molecular flexibility index (Phi) is 5.81. The molecule has 4 nitrogen and oxygen atoms in total. The molecular weight excluding hydrogens is 371 g/mol. The fourth-order valence-corrected chi connectivity index (χ4v) is 4.21. The van der Waals surface area contributed by atoms with E-state index in [0.717, 1.165) is 27.8 Å². The molecule has 0 unspecified atom stereocenters. The van der Waals surface area contributed by atoms with E-state index in [1.165, 1.54) is 0 Å². The van der Waals surface area contributed by atoms with Gasteiger partial charge in [0.2, 0.25) is 0 Å². The third-order valence-corrected chi connectivity index (χ3v) is 5.59. The van der Waals surface area contributed by atoms with Gasteiger partial charge in [-0.3, -0.25) is 0 Å². The van der Waals surface area contributed by atoms with Crippen molar-refractivity contribution in [3.05, 3.63) is 88.5 Å². The van der Waals surface area contributed by atoms with Crippen LogP contribution in [0.1, 0.15) is 27.8 Å². The van der Waals surface area contributed by atoms with Crippen LogP contribution in [0.3, 0.4) is 0 Å². The molecule has 0 atom stereocenters. The second-order valence-electron chi connectivity index (χ2n) is 7.07. The summed E-state index contributed by atoms with van der Waals surface area (Å²) in [4.78, 5) is 0. The standard InChI is InChI=1S/C23H25O4P/c1-16-6-10-21(11-7-16)25-28(24,26-22-12-8-17(2)14-19(22)4)27-23-13-9-18(3)15-20(23)5/h6-15H,1-5H3. The molecule has 0 fully saturated rings. The lowest BCUT2D eigenvalue weighted by Crippen LogP contribution is -2.09. The quantitative estimate of drug-likeness (QED) is 0.426. The van der Waals surface area contributed by atoms with Crippen molar-refractivity contribution in [2.45, 2.75) is 34.6 Å². The molecule has 0 amide bonds. The number of benzene rings is 3. The Morgan fingerprint density at radius 2 is 1.00 bits per heavy atom. The molecule has 0 N–H and O–H groups in total. The van der Waals surface area contributed by atoms with Crippen molar-refractivity contribution in [1.29, 1.82) is 0 Å². The van der Waals surface area contributed by atoms with Crippen LogP contribution < -0.4 is 13.6 Å². The first-order valence-electron chi connectivity index (χ1n) is 9.14. The third-order valence-electron chi connectivity index (χ3n) is 4.32. The zero-order valence-corrected chi connectivity index (χ0v) is 17.7.